The number of hydrazone groups is 1. The SMILES string of the molecule is CCCCCOc1ccc(/C=N/Nc2cc(OC)ncn2)cc1. The monoisotopic (exact) mass is 314 g/mol. The predicted molar refractivity (Wildman–Crippen MR) is 91.3 cm³/mol. The molecule has 0 aliphatic carbocycles. The molecule has 0 saturated heterocycles. The summed E-state index contributed by atoms with van der Waals surface area (Å²) in [5.41, 5.74) is 3.81. The van der Waals surface area contributed by atoms with Crippen LogP contribution >= 0.6 is 0 Å². The Kier molecular flexibility index (Phi) is 6.84. The van der Waals surface area contributed by atoms with Gasteiger partial charge in [0.25, 0.3) is 0 Å². The van der Waals surface area contributed by atoms with Gasteiger partial charge < -0.3 is 9.47 Å². The zero-order chi connectivity index (χ0) is 16.3. The van der Waals surface area contributed by atoms with Crippen molar-refractivity contribution >= 4 is 12.0 Å². The fourth-order valence-corrected chi connectivity index (χ4v) is 1.88. The van der Waals surface area contributed by atoms with E-state index in [2.05, 4.69) is 27.4 Å². The quantitative estimate of drug-likeness (QED) is 0.436. The largest absolute Gasteiger partial charge is 0.494 e. The van der Waals surface area contributed by atoms with Crippen LogP contribution in [0, 0.1) is 0 Å². The second kappa shape index (κ2) is 9.40. The highest BCUT2D eigenvalue weighted by atomic mass is 16.5. The number of hydrogen-bond acceptors (Lipinski definition) is 6. The molecule has 2 aromatic rings. The molecule has 1 aromatic carbocycles. The lowest BCUT2D eigenvalue weighted by molar-refractivity contribution is 0.306. The van der Waals surface area contributed by atoms with E-state index < -0.39 is 0 Å². The number of benzene rings is 1. The van der Waals surface area contributed by atoms with Crippen molar-refractivity contribution in [3.05, 3.63) is 42.2 Å². The standard InChI is InChI=1S/C17H22N4O2/c1-3-4-5-10-23-15-8-6-14(7-9-15)12-20-21-16-11-17(22-2)19-13-18-16/h6-9,11-13H,3-5,10H2,1-2H3,(H,18,19,21)/b20-12+. The summed E-state index contributed by atoms with van der Waals surface area (Å²) in [7, 11) is 1.56. The highest BCUT2D eigenvalue weighted by Gasteiger charge is 1.97. The molecule has 0 spiro atoms. The van der Waals surface area contributed by atoms with Crippen LogP contribution in [0.4, 0.5) is 5.82 Å². The lowest BCUT2D eigenvalue weighted by atomic mass is 10.2. The van der Waals surface area contributed by atoms with Crippen molar-refractivity contribution in [1.29, 1.82) is 0 Å². The Morgan fingerprint density at radius 3 is 2.74 bits per heavy atom. The lowest BCUT2D eigenvalue weighted by Crippen LogP contribution is -1.97. The van der Waals surface area contributed by atoms with Crippen molar-refractivity contribution in [3.63, 3.8) is 0 Å². The molecular formula is C17H22N4O2. The third-order valence-electron chi connectivity index (χ3n) is 3.14. The Morgan fingerprint density at radius 2 is 2.00 bits per heavy atom. The fourth-order valence-electron chi connectivity index (χ4n) is 1.88. The van der Waals surface area contributed by atoms with Crippen molar-refractivity contribution < 1.29 is 9.47 Å². The van der Waals surface area contributed by atoms with E-state index in [0.717, 1.165) is 24.3 Å². The molecule has 2 rings (SSSR count). The molecule has 1 N–H and O–H groups in total. The summed E-state index contributed by atoms with van der Waals surface area (Å²) in [6.45, 7) is 2.94. The van der Waals surface area contributed by atoms with E-state index in [1.165, 1.54) is 19.2 Å². The molecule has 0 bridgehead atoms. The van der Waals surface area contributed by atoms with E-state index in [1.54, 1.807) is 19.4 Å². The van der Waals surface area contributed by atoms with E-state index in [4.69, 9.17) is 9.47 Å². The Labute approximate surface area is 136 Å². The maximum absolute atomic E-state index is 5.67. The summed E-state index contributed by atoms with van der Waals surface area (Å²) in [5.74, 6) is 1.94. The zero-order valence-electron chi connectivity index (χ0n) is 13.5. The number of nitrogens with zero attached hydrogens (tertiary/aromatic N) is 3. The number of nitrogens with one attached hydrogen (secondary N) is 1. The molecule has 122 valence electrons. The van der Waals surface area contributed by atoms with Crippen molar-refractivity contribution in [2.45, 2.75) is 26.2 Å². The van der Waals surface area contributed by atoms with Gasteiger partial charge in [-0.2, -0.15) is 5.10 Å². The molecule has 0 radical (unpaired) electrons. The maximum atomic E-state index is 5.67. The minimum Gasteiger partial charge on any atom is -0.494 e. The molecule has 0 aliphatic rings. The van der Waals surface area contributed by atoms with Gasteiger partial charge in [0.1, 0.15) is 12.1 Å². The van der Waals surface area contributed by atoms with Gasteiger partial charge in [0.05, 0.1) is 19.9 Å². The van der Waals surface area contributed by atoms with Crippen LogP contribution in [0.15, 0.2) is 41.8 Å². The summed E-state index contributed by atoms with van der Waals surface area (Å²) in [4.78, 5) is 7.98. The number of rotatable bonds is 9. The highest BCUT2D eigenvalue weighted by molar-refractivity contribution is 5.80. The molecule has 0 saturated carbocycles. The second-order valence-corrected chi connectivity index (χ2v) is 4.94. The van der Waals surface area contributed by atoms with Gasteiger partial charge in [-0.15, -0.1) is 0 Å². The number of hydrogen-bond donors (Lipinski definition) is 1. The smallest absolute Gasteiger partial charge is 0.218 e. The Bertz CT molecular complexity index is 614. The van der Waals surface area contributed by atoms with E-state index >= 15 is 0 Å². The highest BCUT2D eigenvalue weighted by Crippen LogP contribution is 2.12. The lowest BCUT2D eigenvalue weighted by Gasteiger charge is -2.05. The van der Waals surface area contributed by atoms with Crippen molar-refractivity contribution in [2.75, 3.05) is 19.1 Å². The summed E-state index contributed by atoms with van der Waals surface area (Å²) in [6.07, 6.45) is 6.62. The summed E-state index contributed by atoms with van der Waals surface area (Å²) in [6, 6.07) is 9.48. The van der Waals surface area contributed by atoms with Crippen LogP contribution < -0.4 is 14.9 Å². The number of anilines is 1. The second-order valence-electron chi connectivity index (χ2n) is 4.94. The van der Waals surface area contributed by atoms with Crippen molar-refractivity contribution in [3.8, 4) is 11.6 Å². The van der Waals surface area contributed by atoms with Crippen LogP contribution in [0.5, 0.6) is 11.6 Å². The first-order valence-electron chi connectivity index (χ1n) is 7.70. The van der Waals surface area contributed by atoms with Crippen LogP contribution in [0.3, 0.4) is 0 Å². The molecule has 0 atom stereocenters. The first-order chi connectivity index (χ1) is 11.3. The van der Waals surface area contributed by atoms with Crippen LogP contribution in [0.1, 0.15) is 31.7 Å². The average Bonchev–Trinajstić information content (AvgIpc) is 2.60. The van der Waals surface area contributed by atoms with E-state index in [0.29, 0.717) is 11.7 Å². The Morgan fingerprint density at radius 1 is 1.17 bits per heavy atom. The average molecular weight is 314 g/mol. The normalized spacial score (nSPS) is 10.7. The molecule has 1 heterocycles. The van der Waals surface area contributed by atoms with Gasteiger partial charge in [-0.3, -0.25) is 5.43 Å². The number of ether oxygens (including phenoxy) is 2. The Balaban J connectivity index is 1.82. The summed E-state index contributed by atoms with van der Waals surface area (Å²) >= 11 is 0. The first-order valence-corrected chi connectivity index (χ1v) is 7.70. The molecule has 1 aromatic heterocycles. The third-order valence-corrected chi connectivity index (χ3v) is 3.14. The topological polar surface area (TPSA) is 68.6 Å². The molecule has 0 unspecified atom stereocenters. The van der Waals surface area contributed by atoms with Crippen molar-refractivity contribution in [1.82, 2.24) is 9.97 Å². The van der Waals surface area contributed by atoms with Gasteiger partial charge in [-0.05, 0) is 36.2 Å². The first kappa shape index (κ1) is 16.7. The summed E-state index contributed by atoms with van der Waals surface area (Å²) < 4.78 is 10.7. The van der Waals surface area contributed by atoms with Gasteiger partial charge in [0.2, 0.25) is 5.88 Å². The van der Waals surface area contributed by atoms with E-state index in [1.807, 2.05) is 24.3 Å². The number of methoxy groups -OCH3 is 1. The van der Waals surface area contributed by atoms with Gasteiger partial charge in [0.15, 0.2) is 5.82 Å². The van der Waals surface area contributed by atoms with Crippen LogP contribution in [0.2, 0.25) is 0 Å². The molecule has 0 fully saturated rings. The molecular weight excluding hydrogens is 292 g/mol. The van der Waals surface area contributed by atoms with Gasteiger partial charge in [0, 0.05) is 6.07 Å². The van der Waals surface area contributed by atoms with E-state index in [9.17, 15) is 0 Å². The molecule has 6 nitrogen and oxygen atoms in total. The number of unbranched alkanes of at least 4 members (excludes halogenated alkanes) is 2. The maximum Gasteiger partial charge on any atom is 0.218 e. The fraction of sp³-hybridized carbons (Fsp3) is 0.353. The van der Waals surface area contributed by atoms with Crippen LogP contribution in [-0.2, 0) is 0 Å². The molecule has 23 heavy (non-hydrogen) atoms. The summed E-state index contributed by atoms with van der Waals surface area (Å²) in [5, 5.41) is 4.14. The molecule has 0 amide bonds. The zero-order valence-corrected chi connectivity index (χ0v) is 13.5. The minimum atomic E-state index is 0.488. The molecule has 0 aliphatic heterocycles. The number of aromatic nitrogens is 2. The molecule has 6 heteroatoms. The minimum absolute atomic E-state index is 0.488. The van der Waals surface area contributed by atoms with Gasteiger partial charge >= 0.3 is 0 Å². The van der Waals surface area contributed by atoms with Gasteiger partial charge in [-0.25, -0.2) is 9.97 Å². The van der Waals surface area contributed by atoms with Gasteiger partial charge in [-0.1, -0.05) is 19.8 Å². The van der Waals surface area contributed by atoms with E-state index in [-0.39, 0.29) is 0 Å². The van der Waals surface area contributed by atoms with Crippen molar-refractivity contribution in [2.24, 2.45) is 5.10 Å². The third kappa shape index (κ3) is 5.94. The predicted octanol–water partition coefficient (Wildman–Crippen LogP) is 3.50. The van der Waals surface area contributed by atoms with Crippen LogP contribution in [-0.4, -0.2) is 29.9 Å². The van der Waals surface area contributed by atoms with Crippen LogP contribution in [0.25, 0.3) is 0 Å². The Hall–Kier alpha value is -2.63.